The van der Waals surface area contributed by atoms with Crippen LogP contribution >= 0.6 is 0 Å². The first-order valence-electron chi connectivity index (χ1n) is 5.26. The summed E-state index contributed by atoms with van der Waals surface area (Å²) in [6.07, 6.45) is -1.98. The summed E-state index contributed by atoms with van der Waals surface area (Å²) in [6.45, 7) is 4.92. The minimum Gasteiger partial charge on any atom is -0.480 e. The molecule has 17 heavy (non-hydrogen) atoms. The van der Waals surface area contributed by atoms with Gasteiger partial charge in [-0.2, -0.15) is 0 Å². The van der Waals surface area contributed by atoms with Crippen molar-refractivity contribution in [3.8, 4) is 0 Å². The minimum atomic E-state index is -1.25. The summed E-state index contributed by atoms with van der Waals surface area (Å²) in [5, 5.41) is 20.2. The summed E-state index contributed by atoms with van der Waals surface area (Å²) in [7, 11) is 0. The van der Waals surface area contributed by atoms with Gasteiger partial charge in [0.25, 0.3) is 0 Å². The van der Waals surface area contributed by atoms with Gasteiger partial charge in [0.2, 0.25) is 0 Å². The number of nitrogens with one attached hydrogen (secondary N) is 1. The molecule has 100 valence electrons. The molecule has 0 bridgehead atoms. The van der Waals surface area contributed by atoms with Crippen molar-refractivity contribution in [2.75, 3.05) is 6.54 Å². The van der Waals surface area contributed by atoms with E-state index in [0.717, 1.165) is 0 Å². The highest BCUT2D eigenvalue weighted by atomic mass is 16.6. The zero-order chi connectivity index (χ0) is 13.6. The second-order valence-electron chi connectivity index (χ2n) is 4.66. The molecule has 0 aliphatic heterocycles. The number of carbonyl (C=O) groups excluding carboxylic acids is 1. The second kappa shape index (κ2) is 6.41. The van der Waals surface area contributed by atoms with Crippen LogP contribution in [-0.2, 0) is 9.53 Å². The molecule has 0 heterocycles. The number of aliphatic hydroxyl groups excluding tert-OH is 1. The van der Waals surface area contributed by atoms with Gasteiger partial charge in [0.15, 0.2) is 0 Å². The summed E-state index contributed by atoms with van der Waals surface area (Å²) >= 11 is 0. The number of amides is 1. The molecular weight excluding hydrogens is 228 g/mol. The van der Waals surface area contributed by atoms with Gasteiger partial charge in [0.1, 0.15) is 11.6 Å². The molecule has 0 radical (unpaired) electrons. The van der Waals surface area contributed by atoms with Crippen molar-refractivity contribution in [3.63, 3.8) is 0 Å². The van der Waals surface area contributed by atoms with Crippen molar-refractivity contribution in [3.05, 3.63) is 0 Å². The Kier molecular flexibility index (Phi) is 5.90. The lowest BCUT2D eigenvalue weighted by Gasteiger charge is -2.22. The van der Waals surface area contributed by atoms with Crippen molar-refractivity contribution in [1.82, 2.24) is 5.32 Å². The SMILES string of the molecule is CC(C)(C)OC(=O)N[C@@H](C[C@@H](O)CN)C(=O)O. The lowest BCUT2D eigenvalue weighted by molar-refractivity contribution is -0.140. The Morgan fingerprint density at radius 3 is 2.29 bits per heavy atom. The molecule has 0 saturated heterocycles. The first-order chi connectivity index (χ1) is 7.65. The summed E-state index contributed by atoms with van der Waals surface area (Å²) in [6, 6.07) is -1.22. The smallest absolute Gasteiger partial charge is 0.408 e. The molecule has 2 atom stereocenters. The van der Waals surface area contributed by atoms with E-state index in [9.17, 15) is 14.7 Å². The molecule has 0 rings (SSSR count). The molecule has 0 spiro atoms. The Morgan fingerprint density at radius 2 is 1.94 bits per heavy atom. The van der Waals surface area contributed by atoms with Crippen LogP contribution in [-0.4, -0.2) is 46.6 Å². The molecule has 0 aromatic heterocycles. The quantitative estimate of drug-likeness (QED) is 0.528. The monoisotopic (exact) mass is 248 g/mol. The number of hydrogen-bond acceptors (Lipinski definition) is 5. The Hall–Kier alpha value is -1.34. The number of alkyl carbamates (subject to hydrolysis) is 1. The van der Waals surface area contributed by atoms with E-state index in [0.29, 0.717) is 0 Å². The molecule has 0 fully saturated rings. The molecule has 5 N–H and O–H groups in total. The number of ether oxygens (including phenoxy) is 1. The van der Waals surface area contributed by atoms with E-state index in [1.54, 1.807) is 20.8 Å². The van der Waals surface area contributed by atoms with Gasteiger partial charge in [-0.15, -0.1) is 0 Å². The number of nitrogens with two attached hydrogens (primary N) is 1. The van der Waals surface area contributed by atoms with Crippen LogP contribution in [0.3, 0.4) is 0 Å². The topological polar surface area (TPSA) is 122 Å². The number of carbonyl (C=O) groups is 2. The van der Waals surface area contributed by atoms with Gasteiger partial charge in [0, 0.05) is 13.0 Å². The first-order valence-corrected chi connectivity index (χ1v) is 5.26. The Morgan fingerprint density at radius 1 is 1.41 bits per heavy atom. The predicted octanol–water partition coefficient (Wildman–Crippen LogP) is -0.326. The molecule has 1 amide bonds. The van der Waals surface area contributed by atoms with Crippen LogP contribution < -0.4 is 11.1 Å². The third-order valence-electron chi connectivity index (χ3n) is 1.77. The molecule has 0 saturated carbocycles. The maximum absolute atomic E-state index is 11.3. The fraction of sp³-hybridized carbons (Fsp3) is 0.800. The van der Waals surface area contributed by atoms with Crippen LogP contribution in [0.2, 0.25) is 0 Å². The maximum Gasteiger partial charge on any atom is 0.408 e. The molecule has 0 aromatic rings. The zero-order valence-electron chi connectivity index (χ0n) is 10.3. The lowest BCUT2D eigenvalue weighted by atomic mass is 10.1. The van der Waals surface area contributed by atoms with E-state index in [2.05, 4.69) is 5.32 Å². The second-order valence-corrected chi connectivity index (χ2v) is 4.66. The van der Waals surface area contributed by atoms with Gasteiger partial charge in [0.05, 0.1) is 6.10 Å². The van der Waals surface area contributed by atoms with Crippen LogP contribution in [0.1, 0.15) is 27.2 Å². The van der Waals surface area contributed by atoms with E-state index >= 15 is 0 Å². The van der Waals surface area contributed by atoms with Crippen LogP contribution in [0, 0.1) is 0 Å². The number of carboxylic acids is 1. The average Bonchev–Trinajstić information content (AvgIpc) is 2.13. The van der Waals surface area contributed by atoms with Gasteiger partial charge >= 0.3 is 12.1 Å². The van der Waals surface area contributed by atoms with Crippen molar-refractivity contribution in [1.29, 1.82) is 0 Å². The predicted molar refractivity (Wildman–Crippen MR) is 60.5 cm³/mol. The highest BCUT2D eigenvalue weighted by Gasteiger charge is 2.25. The zero-order valence-corrected chi connectivity index (χ0v) is 10.3. The molecule has 0 aliphatic carbocycles. The van der Waals surface area contributed by atoms with Crippen molar-refractivity contribution >= 4 is 12.1 Å². The molecule has 7 heteroatoms. The normalized spacial score (nSPS) is 14.9. The van der Waals surface area contributed by atoms with E-state index in [4.69, 9.17) is 15.6 Å². The fourth-order valence-electron chi connectivity index (χ4n) is 1.04. The Balaban J connectivity index is 4.35. The van der Waals surface area contributed by atoms with Crippen molar-refractivity contribution < 1.29 is 24.5 Å². The molecule has 0 aromatic carbocycles. The summed E-state index contributed by atoms with van der Waals surface area (Å²) in [4.78, 5) is 22.2. The Labute approximate surface area is 99.9 Å². The number of hydrogen-bond donors (Lipinski definition) is 4. The number of carboxylic acid groups (broad SMARTS) is 1. The Bertz CT molecular complexity index is 274. The molecule has 7 nitrogen and oxygen atoms in total. The van der Waals surface area contributed by atoms with Gasteiger partial charge in [-0.3, -0.25) is 0 Å². The number of rotatable bonds is 5. The van der Waals surface area contributed by atoms with Gasteiger partial charge in [-0.25, -0.2) is 9.59 Å². The van der Waals surface area contributed by atoms with Gasteiger partial charge < -0.3 is 26.0 Å². The van der Waals surface area contributed by atoms with Crippen LogP contribution in [0.5, 0.6) is 0 Å². The van der Waals surface area contributed by atoms with Crippen LogP contribution in [0.25, 0.3) is 0 Å². The standard InChI is InChI=1S/C10H20N2O5/c1-10(2,3)17-9(16)12-7(8(14)15)4-6(13)5-11/h6-7,13H,4-5,11H2,1-3H3,(H,12,16)(H,14,15)/t6-,7+/m1/s1. The van der Waals surface area contributed by atoms with Gasteiger partial charge in [-0.05, 0) is 20.8 Å². The highest BCUT2D eigenvalue weighted by Crippen LogP contribution is 2.07. The van der Waals surface area contributed by atoms with Crippen LogP contribution in [0.15, 0.2) is 0 Å². The van der Waals surface area contributed by atoms with E-state index < -0.39 is 29.8 Å². The molecule has 0 unspecified atom stereocenters. The van der Waals surface area contributed by atoms with Crippen molar-refractivity contribution in [2.45, 2.75) is 44.9 Å². The van der Waals surface area contributed by atoms with Crippen LogP contribution in [0.4, 0.5) is 4.79 Å². The highest BCUT2D eigenvalue weighted by molar-refractivity contribution is 5.80. The maximum atomic E-state index is 11.3. The first kappa shape index (κ1) is 15.7. The number of aliphatic carboxylic acids is 1. The minimum absolute atomic E-state index is 0.0697. The third kappa shape index (κ3) is 7.53. The summed E-state index contributed by atoms with van der Waals surface area (Å²) < 4.78 is 4.91. The third-order valence-corrected chi connectivity index (χ3v) is 1.77. The molecule has 0 aliphatic rings. The van der Waals surface area contributed by atoms with Gasteiger partial charge in [-0.1, -0.05) is 0 Å². The van der Waals surface area contributed by atoms with E-state index in [1.165, 1.54) is 0 Å². The van der Waals surface area contributed by atoms with Crippen molar-refractivity contribution in [2.24, 2.45) is 5.73 Å². The average molecular weight is 248 g/mol. The van der Waals surface area contributed by atoms with E-state index in [-0.39, 0.29) is 13.0 Å². The largest absolute Gasteiger partial charge is 0.480 e. The lowest BCUT2D eigenvalue weighted by Crippen LogP contribution is -2.45. The summed E-state index contributed by atoms with van der Waals surface area (Å²) in [5.41, 5.74) is 4.46. The molecular formula is C10H20N2O5. The van der Waals surface area contributed by atoms with E-state index in [1.807, 2.05) is 0 Å². The fourth-order valence-corrected chi connectivity index (χ4v) is 1.04. The number of aliphatic hydroxyl groups is 1. The summed E-state index contributed by atoms with van der Waals surface area (Å²) in [5.74, 6) is -1.25.